The molecule has 2 unspecified atom stereocenters. The van der Waals surface area contributed by atoms with E-state index < -0.39 is 24.6 Å². The van der Waals surface area contributed by atoms with Gasteiger partial charge in [0.1, 0.15) is 17.4 Å². The highest BCUT2D eigenvalue weighted by Gasteiger charge is 2.26. The van der Waals surface area contributed by atoms with Gasteiger partial charge >= 0.3 is 5.97 Å². The van der Waals surface area contributed by atoms with Gasteiger partial charge in [-0.2, -0.15) is 0 Å². The Morgan fingerprint density at radius 2 is 2.18 bits per heavy atom. The molecule has 0 amide bonds. The zero-order chi connectivity index (χ0) is 16.3. The lowest BCUT2D eigenvalue weighted by molar-refractivity contribution is -0.147. The molecule has 1 aromatic heterocycles. The summed E-state index contributed by atoms with van der Waals surface area (Å²) < 4.78 is 4.71. The van der Waals surface area contributed by atoms with E-state index in [0.29, 0.717) is 5.39 Å². The van der Waals surface area contributed by atoms with E-state index in [1.165, 1.54) is 12.3 Å². The highest BCUT2D eigenvalue weighted by Crippen LogP contribution is 2.37. The molecule has 0 saturated carbocycles. The Hall–Kier alpha value is -1.89. The predicted molar refractivity (Wildman–Crippen MR) is 80.6 cm³/mol. The number of aliphatic hydroxyl groups is 2. The summed E-state index contributed by atoms with van der Waals surface area (Å²) in [6, 6.07) is 4.69. The minimum atomic E-state index is -1.49. The number of ether oxygens (including phenoxy) is 1. The van der Waals surface area contributed by atoms with Crippen LogP contribution in [0, 0.1) is 0 Å². The van der Waals surface area contributed by atoms with Crippen LogP contribution in [0.1, 0.15) is 25.0 Å². The van der Waals surface area contributed by atoms with Gasteiger partial charge in [0.05, 0.1) is 24.2 Å². The van der Waals surface area contributed by atoms with Crippen molar-refractivity contribution in [1.29, 1.82) is 0 Å². The van der Waals surface area contributed by atoms with E-state index in [2.05, 4.69) is 4.98 Å². The highest BCUT2D eigenvalue weighted by molar-refractivity contribution is 6.35. The first kappa shape index (κ1) is 16.5. The van der Waals surface area contributed by atoms with E-state index in [1.807, 2.05) is 0 Å². The van der Waals surface area contributed by atoms with Crippen molar-refractivity contribution in [2.45, 2.75) is 25.6 Å². The molecule has 6 nitrogen and oxygen atoms in total. The number of fused-ring (bicyclic) bond motifs is 1. The zero-order valence-corrected chi connectivity index (χ0v) is 12.6. The number of carbonyl (C=O) groups excluding carboxylic acids is 1. The summed E-state index contributed by atoms with van der Waals surface area (Å²) in [5, 5.41) is 31.1. The number of aliphatic hydroxyl groups excluding tert-OH is 2. The zero-order valence-electron chi connectivity index (χ0n) is 11.9. The third-order valence-electron chi connectivity index (χ3n) is 3.21. The van der Waals surface area contributed by atoms with Gasteiger partial charge in [-0.3, -0.25) is 9.78 Å². The molecule has 0 radical (unpaired) electrons. The fraction of sp³-hybridized carbons (Fsp3) is 0.333. The maximum Gasteiger partial charge on any atom is 0.308 e. The summed E-state index contributed by atoms with van der Waals surface area (Å²) in [7, 11) is 0. The molecule has 2 aromatic rings. The van der Waals surface area contributed by atoms with Gasteiger partial charge in [-0.05, 0) is 25.1 Å². The number of halogens is 1. The van der Waals surface area contributed by atoms with Gasteiger partial charge in [-0.25, -0.2) is 0 Å². The van der Waals surface area contributed by atoms with Gasteiger partial charge in [0.2, 0.25) is 0 Å². The average molecular weight is 326 g/mol. The summed E-state index contributed by atoms with van der Waals surface area (Å²) in [5.74, 6) is -0.922. The SMILES string of the molecule is CCOC(=O)CC(O)C(O)c1cc(Cl)c2cccnc2c1O. The van der Waals surface area contributed by atoms with Gasteiger partial charge in [-0.1, -0.05) is 11.6 Å². The molecule has 3 N–H and O–H groups in total. The Morgan fingerprint density at radius 3 is 2.86 bits per heavy atom. The second-order valence-corrected chi connectivity index (χ2v) is 5.12. The Morgan fingerprint density at radius 1 is 1.45 bits per heavy atom. The molecule has 1 heterocycles. The number of esters is 1. The minimum Gasteiger partial charge on any atom is -0.505 e. The number of carbonyl (C=O) groups is 1. The van der Waals surface area contributed by atoms with Crippen LogP contribution in [0.2, 0.25) is 5.02 Å². The monoisotopic (exact) mass is 325 g/mol. The lowest BCUT2D eigenvalue weighted by Crippen LogP contribution is -2.23. The number of aromatic hydroxyl groups is 1. The topological polar surface area (TPSA) is 99.9 Å². The van der Waals surface area contributed by atoms with Gasteiger partial charge in [-0.15, -0.1) is 0 Å². The van der Waals surface area contributed by atoms with Crippen LogP contribution in [0.5, 0.6) is 5.75 Å². The van der Waals surface area contributed by atoms with Gasteiger partial charge < -0.3 is 20.1 Å². The number of benzene rings is 1. The van der Waals surface area contributed by atoms with Crippen LogP contribution < -0.4 is 0 Å². The number of nitrogens with zero attached hydrogens (tertiary/aromatic N) is 1. The van der Waals surface area contributed by atoms with Crippen LogP contribution in [0.3, 0.4) is 0 Å². The first-order chi connectivity index (χ1) is 10.5. The van der Waals surface area contributed by atoms with Crippen LogP contribution in [-0.2, 0) is 9.53 Å². The molecule has 0 saturated heterocycles. The summed E-state index contributed by atoms with van der Waals surface area (Å²) >= 11 is 6.10. The Kier molecular flexibility index (Phi) is 5.18. The van der Waals surface area contributed by atoms with Crippen LogP contribution in [0.25, 0.3) is 10.9 Å². The fourth-order valence-electron chi connectivity index (χ4n) is 2.14. The van der Waals surface area contributed by atoms with E-state index in [1.54, 1.807) is 19.1 Å². The predicted octanol–water partition coefficient (Wildman–Crippen LogP) is 1.94. The average Bonchev–Trinajstić information content (AvgIpc) is 2.50. The van der Waals surface area contributed by atoms with Gasteiger partial charge in [0, 0.05) is 17.1 Å². The molecule has 1 aromatic carbocycles. The normalized spacial score (nSPS) is 13.8. The lowest BCUT2D eigenvalue weighted by Gasteiger charge is -2.19. The van der Waals surface area contributed by atoms with Crippen molar-refractivity contribution in [3.63, 3.8) is 0 Å². The first-order valence-corrected chi connectivity index (χ1v) is 7.11. The maximum absolute atomic E-state index is 11.4. The molecular weight excluding hydrogens is 310 g/mol. The quantitative estimate of drug-likeness (QED) is 0.726. The standard InChI is InChI=1S/C15H16ClNO5/c1-2-22-12(19)7-11(18)14(20)9-6-10(16)8-4-3-5-17-13(8)15(9)21/h3-6,11,14,18,20-21H,2,7H2,1H3. The second kappa shape index (κ2) is 6.91. The molecule has 2 rings (SSSR count). The first-order valence-electron chi connectivity index (χ1n) is 6.73. The van der Waals surface area contributed by atoms with E-state index in [4.69, 9.17) is 16.3 Å². The lowest BCUT2D eigenvalue weighted by atomic mass is 9.99. The van der Waals surface area contributed by atoms with Crippen molar-refractivity contribution in [3.8, 4) is 5.75 Å². The number of hydrogen-bond acceptors (Lipinski definition) is 6. The smallest absolute Gasteiger partial charge is 0.308 e. The van der Waals surface area contributed by atoms with Crippen molar-refractivity contribution < 1.29 is 24.9 Å². The molecule has 22 heavy (non-hydrogen) atoms. The van der Waals surface area contributed by atoms with Gasteiger partial charge in [0.15, 0.2) is 0 Å². The fourth-order valence-corrected chi connectivity index (χ4v) is 2.41. The molecule has 0 spiro atoms. The molecule has 0 aliphatic rings. The van der Waals surface area contributed by atoms with Gasteiger partial charge in [0.25, 0.3) is 0 Å². The molecule has 0 fully saturated rings. The molecule has 2 atom stereocenters. The number of aromatic nitrogens is 1. The number of hydrogen-bond donors (Lipinski definition) is 3. The van der Waals surface area contributed by atoms with E-state index >= 15 is 0 Å². The highest BCUT2D eigenvalue weighted by atomic mass is 35.5. The third-order valence-corrected chi connectivity index (χ3v) is 3.52. The number of phenolic OH excluding ortho intramolecular Hbond substituents is 1. The van der Waals surface area contributed by atoms with Crippen molar-refractivity contribution in [2.75, 3.05) is 6.61 Å². The Labute approximate surface area is 131 Å². The minimum absolute atomic E-state index is 0.00741. The van der Waals surface area contributed by atoms with Crippen molar-refractivity contribution in [2.24, 2.45) is 0 Å². The van der Waals surface area contributed by atoms with Crippen LogP contribution in [0.4, 0.5) is 0 Å². The second-order valence-electron chi connectivity index (χ2n) is 4.72. The van der Waals surface area contributed by atoms with Crippen LogP contribution >= 0.6 is 11.6 Å². The van der Waals surface area contributed by atoms with E-state index in [0.717, 1.165) is 0 Å². The molecule has 0 bridgehead atoms. The summed E-state index contributed by atoms with van der Waals surface area (Å²) in [5.41, 5.74) is 0.223. The van der Waals surface area contributed by atoms with Crippen LogP contribution in [0.15, 0.2) is 24.4 Å². The summed E-state index contributed by atoms with van der Waals surface area (Å²) in [6.07, 6.45) is -1.84. The molecular formula is C15H16ClNO5. The number of rotatable bonds is 5. The van der Waals surface area contributed by atoms with E-state index in [-0.39, 0.29) is 28.5 Å². The van der Waals surface area contributed by atoms with Crippen LogP contribution in [-0.4, -0.2) is 39.0 Å². The van der Waals surface area contributed by atoms with E-state index in [9.17, 15) is 20.1 Å². The number of phenols is 1. The molecule has 0 aliphatic carbocycles. The maximum atomic E-state index is 11.4. The summed E-state index contributed by atoms with van der Waals surface area (Å²) in [4.78, 5) is 15.4. The largest absolute Gasteiger partial charge is 0.505 e. The van der Waals surface area contributed by atoms with Crippen molar-refractivity contribution in [1.82, 2.24) is 4.98 Å². The molecule has 0 aliphatic heterocycles. The summed E-state index contributed by atoms with van der Waals surface area (Å²) in [6.45, 7) is 1.82. The Balaban J connectivity index is 2.33. The van der Waals surface area contributed by atoms with Crippen molar-refractivity contribution in [3.05, 3.63) is 35.0 Å². The Bertz CT molecular complexity index is 691. The molecule has 7 heteroatoms. The molecule has 118 valence electrons. The number of pyridine rings is 1. The third kappa shape index (κ3) is 3.30. The van der Waals surface area contributed by atoms with Crippen molar-refractivity contribution >= 4 is 28.5 Å².